The summed E-state index contributed by atoms with van der Waals surface area (Å²) in [5, 5.41) is 0. The molecule has 0 aliphatic heterocycles. The van der Waals surface area contributed by atoms with Crippen molar-refractivity contribution in [3.8, 4) is 5.75 Å². The first kappa shape index (κ1) is 14.5. The molecule has 0 radical (unpaired) electrons. The molecule has 96 valence electrons. The van der Waals surface area contributed by atoms with Gasteiger partial charge in [0.1, 0.15) is 5.75 Å². The topological polar surface area (TPSA) is 53.7 Å². The van der Waals surface area contributed by atoms with Crippen molar-refractivity contribution >= 4 is 28.3 Å². The molecule has 0 saturated heterocycles. The van der Waals surface area contributed by atoms with Crippen LogP contribution in [0.3, 0.4) is 0 Å². The van der Waals surface area contributed by atoms with Gasteiger partial charge in [0, 0.05) is 23.7 Å². The molecule has 0 fully saturated rings. The van der Waals surface area contributed by atoms with Crippen LogP contribution in [0.25, 0.3) is 0 Å². The fourth-order valence-corrected chi connectivity index (χ4v) is 1.75. The summed E-state index contributed by atoms with van der Waals surface area (Å²) >= 11 is 2.22. The molecule has 2 N–H and O–H groups in total. The second-order valence-corrected chi connectivity index (χ2v) is 4.73. The summed E-state index contributed by atoms with van der Waals surface area (Å²) in [4.78, 5) is 0. The third-order valence-electron chi connectivity index (χ3n) is 2.09. The number of anilines is 1. The molecular formula is C12H18INO3. The molecule has 0 spiro atoms. The number of hydrogen-bond donors (Lipinski definition) is 1. The number of methoxy groups -OCH3 is 1. The highest BCUT2D eigenvalue weighted by Crippen LogP contribution is 2.23. The highest BCUT2D eigenvalue weighted by Gasteiger charge is 2.00. The molecule has 4 nitrogen and oxygen atoms in total. The van der Waals surface area contributed by atoms with Gasteiger partial charge in [-0.3, -0.25) is 0 Å². The van der Waals surface area contributed by atoms with Crippen molar-refractivity contribution in [2.45, 2.75) is 6.42 Å². The number of ether oxygens (including phenoxy) is 3. The van der Waals surface area contributed by atoms with E-state index in [1.165, 1.54) is 0 Å². The Kier molecular flexibility index (Phi) is 7.30. The van der Waals surface area contributed by atoms with E-state index in [1.807, 2.05) is 18.2 Å². The maximum Gasteiger partial charge on any atom is 0.142 e. The lowest BCUT2D eigenvalue weighted by Gasteiger charge is -2.09. The van der Waals surface area contributed by atoms with Gasteiger partial charge in [0.2, 0.25) is 0 Å². The monoisotopic (exact) mass is 351 g/mol. The van der Waals surface area contributed by atoms with E-state index in [9.17, 15) is 0 Å². The quantitative estimate of drug-likeness (QED) is 0.444. The molecule has 5 heteroatoms. The summed E-state index contributed by atoms with van der Waals surface area (Å²) < 4.78 is 16.9. The fraction of sp³-hybridized carbons (Fsp3) is 0.500. The summed E-state index contributed by atoms with van der Waals surface area (Å²) in [6.45, 7) is 2.54. The average molecular weight is 351 g/mol. The van der Waals surface area contributed by atoms with Crippen LogP contribution in [-0.4, -0.2) is 33.5 Å². The molecule has 0 amide bonds. The smallest absolute Gasteiger partial charge is 0.142 e. The molecule has 0 aromatic heterocycles. The van der Waals surface area contributed by atoms with Crippen LogP contribution in [0.2, 0.25) is 0 Å². The number of nitrogen functional groups attached to an aromatic ring is 1. The van der Waals surface area contributed by atoms with Crippen LogP contribution in [0, 0.1) is 3.57 Å². The Bertz CT molecular complexity index is 334. The number of nitrogens with two attached hydrogens (primary N) is 1. The van der Waals surface area contributed by atoms with Crippen molar-refractivity contribution in [3.05, 3.63) is 21.8 Å². The van der Waals surface area contributed by atoms with Gasteiger partial charge in [0.25, 0.3) is 0 Å². The van der Waals surface area contributed by atoms with Crippen LogP contribution in [0.1, 0.15) is 6.42 Å². The van der Waals surface area contributed by atoms with Crippen LogP contribution < -0.4 is 10.5 Å². The Morgan fingerprint density at radius 1 is 1.18 bits per heavy atom. The summed E-state index contributed by atoms with van der Waals surface area (Å²) in [6, 6.07) is 5.76. The van der Waals surface area contributed by atoms with Crippen LogP contribution in [0.15, 0.2) is 18.2 Å². The zero-order valence-electron chi connectivity index (χ0n) is 9.95. The van der Waals surface area contributed by atoms with Gasteiger partial charge >= 0.3 is 0 Å². The van der Waals surface area contributed by atoms with Crippen molar-refractivity contribution in [3.63, 3.8) is 0 Å². The Morgan fingerprint density at radius 2 is 2.00 bits per heavy atom. The zero-order valence-corrected chi connectivity index (χ0v) is 12.1. The first-order valence-electron chi connectivity index (χ1n) is 5.48. The van der Waals surface area contributed by atoms with E-state index in [0.29, 0.717) is 32.1 Å². The van der Waals surface area contributed by atoms with Crippen LogP contribution in [0.4, 0.5) is 5.69 Å². The Balaban J connectivity index is 2.14. The van der Waals surface area contributed by atoms with E-state index in [0.717, 1.165) is 15.7 Å². The molecule has 1 aromatic rings. The third-order valence-corrected chi connectivity index (χ3v) is 2.77. The van der Waals surface area contributed by atoms with E-state index in [4.69, 9.17) is 19.9 Å². The minimum Gasteiger partial charge on any atom is -0.491 e. The summed E-state index contributed by atoms with van der Waals surface area (Å²) in [7, 11) is 1.66. The number of rotatable bonds is 8. The highest BCUT2D eigenvalue weighted by atomic mass is 127. The van der Waals surface area contributed by atoms with E-state index in [1.54, 1.807) is 7.11 Å². The highest BCUT2D eigenvalue weighted by molar-refractivity contribution is 14.1. The molecule has 0 aliphatic rings. The first-order valence-corrected chi connectivity index (χ1v) is 6.56. The van der Waals surface area contributed by atoms with Crippen LogP contribution in [0.5, 0.6) is 5.75 Å². The average Bonchev–Trinajstić information content (AvgIpc) is 2.30. The van der Waals surface area contributed by atoms with Crippen molar-refractivity contribution in [1.82, 2.24) is 0 Å². The largest absolute Gasteiger partial charge is 0.491 e. The van der Waals surface area contributed by atoms with Crippen molar-refractivity contribution in [2.75, 3.05) is 39.3 Å². The lowest BCUT2D eigenvalue weighted by molar-refractivity contribution is 0.0645. The molecule has 0 bridgehead atoms. The molecule has 0 aliphatic carbocycles. The van der Waals surface area contributed by atoms with Gasteiger partial charge in [0.15, 0.2) is 0 Å². The van der Waals surface area contributed by atoms with Crippen molar-refractivity contribution in [2.24, 2.45) is 0 Å². The summed E-state index contributed by atoms with van der Waals surface area (Å²) in [5.74, 6) is 0.738. The van der Waals surface area contributed by atoms with Gasteiger partial charge in [0.05, 0.1) is 25.5 Å². The van der Waals surface area contributed by atoms with E-state index >= 15 is 0 Å². The lowest BCUT2D eigenvalue weighted by Crippen LogP contribution is -2.07. The van der Waals surface area contributed by atoms with Crippen LogP contribution >= 0.6 is 22.6 Å². The number of halogens is 1. The lowest BCUT2D eigenvalue weighted by atomic mass is 10.3. The number of hydrogen-bond acceptors (Lipinski definition) is 4. The predicted octanol–water partition coefficient (Wildman–Crippen LogP) is 2.31. The third kappa shape index (κ3) is 6.09. The van der Waals surface area contributed by atoms with E-state index in [2.05, 4.69) is 22.6 Å². The maximum absolute atomic E-state index is 5.82. The fourth-order valence-electron chi connectivity index (χ4n) is 1.24. The van der Waals surface area contributed by atoms with E-state index in [-0.39, 0.29) is 0 Å². The maximum atomic E-state index is 5.82. The molecule has 0 heterocycles. The standard InChI is InChI=1S/C12H18INO3/c1-15-7-8-16-5-2-6-17-12-4-3-10(13)9-11(12)14/h3-4,9H,2,5-8,14H2,1H3. The van der Waals surface area contributed by atoms with Gasteiger partial charge < -0.3 is 19.9 Å². The SMILES string of the molecule is COCCOCCCOc1ccc(I)cc1N. The molecule has 0 unspecified atom stereocenters. The predicted molar refractivity (Wildman–Crippen MR) is 76.4 cm³/mol. The second kappa shape index (κ2) is 8.54. The Hall–Kier alpha value is -0.530. The Morgan fingerprint density at radius 3 is 2.71 bits per heavy atom. The molecule has 1 rings (SSSR count). The minimum atomic E-state index is 0.609. The first-order chi connectivity index (χ1) is 8.24. The molecular weight excluding hydrogens is 333 g/mol. The normalized spacial score (nSPS) is 10.5. The molecule has 0 saturated carbocycles. The van der Waals surface area contributed by atoms with Crippen molar-refractivity contribution in [1.29, 1.82) is 0 Å². The van der Waals surface area contributed by atoms with Gasteiger partial charge in [-0.1, -0.05) is 0 Å². The van der Waals surface area contributed by atoms with Crippen LogP contribution in [-0.2, 0) is 9.47 Å². The molecule has 17 heavy (non-hydrogen) atoms. The van der Waals surface area contributed by atoms with Gasteiger partial charge in [-0.15, -0.1) is 0 Å². The van der Waals surface area contributed by atoms with Gasteiger partial charge in [-0.25, -0.2) is 0 Å². The molecule has 1 aromatic carbocycles. The van der Waals surface area contributed by atoms with E-state index < -0.39 is 0 Å². The van der Waals surface area contributed by atoms with Gasteiger partial charge in [-0.2, -0.15) is 0 Å². The summed E-state index contributed by atoms with van der Waals surface area (Å²) in [5.41, 5.74) is 6.50. The Labute approximate surface area is 116 Å². The number of benzene rings is 1. The molecule has 0 atom stereocenters. The van der Waals surface area contributed by atoms with Gasteiger partial charge in [-0.05, 0) is 40.8 Å². The zero-order chi connectivity index (χ0) is 12.5. The summed E-state index contributed by atoms with van der Waals surface area (Å²) in [6.07, 6.45) is 0.842. The second-order valence-electron chi connectivity index (χ2n) is 3.49. The van der Waals surface area contributed by atoms with Crippen molar-refractivity contribution < 1.29 is 14.2 Å². The minimum absolute atomic E-state index is 0.609.